The van der Waals surface area contributed by atoms with Gasteiger partial charge in [0, 0.05) is 37.0 Å². The summed E-state index contributed by atoms with van der Waals surface area (Å²) in [5.74, 6) is -2.90. The average molecular weight is 638 g/mol. The van der Waals surface area contributed by atoms with E-state index in [0.717, 1.165) is 18.4 Å². The number of Topliss-reactive ketones (excluding diaryl/α,β-unsaturated/α-hetero) is 2. The molecule has 4 unspecified atom stereocenters. The summed E-state index contributed by atoms with van der Waals surface area (Å²) >= 11 is 0. The van der Waals surface area contributed by atoms with Gasteiger partial charge in [0.1, 0.15) is 23.2 Å². The van der Waals surface area contributed by atoms with Gasteiger partial charge in [-0.2, -0.15) is 0 Å². The monoisotopic (exact) mass is 637 g/mol. The fourth-order valence-corrected chi connectivity index (χ4v) is 8.87. The van der Waals surface area contributed by atoms with Gasteiger partial charge in [-0.25, -0.2) is 4.79 Å². The zero-order valence-electron chi connectivity index (χ0n) is 26.6. The van der Waals surface area contributed by atoms with Gasteiger partial charge in [0.25, 0.3) is 0 Å². The van der Waals surface area contributed by atoms with Gasteiger partial charge < -0.3 is 25.0 Å². The predicted molar refractivity (Wildman–Crippen MR) is 163 cm³/mol. The first-order valence-electron chi connectivity index (χ1n) is 16.0. The Morgan fingerprint density at radius 1 is 1.02 bits per heavy atom. The van der Waals surface area contributed by atoms with Crippen LogP contribution in [0.5, 0.6) is 5.75 Å². The van der Waals surface area contributed by atoms with Gasteiger partial charge in [-0.05, 0) is 73.1 Å². The van der Waals surface area contributed by atoms with E-state index in [-0.39, 0.29) is 72.6 Å². The summed E-state index contributed by atoms with van der Waals surface area (Å²) in [5, 5.41) is 23.8. The largest absolute Gasteiger partial charge is 0.508 e. The minimum atomic E-state index is -1.84. The Morgan fingerprint density at radius 2 is 1.74 bits per heavy atom. The third kappa shape index (κ3) is 6.01. The van der Waals surface area contributed by atoms with Crippen LogP contribution in [0.15, 0.2) is 35.9 Å². The molecule has 3 N–H and O–H groups in total. The van der Waals surface area contributed by atoms with E-state index >= 15 is 0 Å². The fraction of sp³-hybridized carbons (Fsp3) is 0.600. The Kier molecular flexibility index (Phi) is 9.28. The molecule has 3 saturated carbocycles. The number of ketones is 3. The van der Waals surface area contributed by atoms with Crippen molar-refractivity contribution in [2.45, 2.75) is 89.7 Å². The summed E-state index contributed by atoms with van der Waals surface area (Å²) in [7, 11) is 1.19. The zero-order chi connectivity index (χ0) is 33.4. The minimum Gasteiger partial charge on any atom is -0.508 e. The molecule has 0 saturated heterocycles. The van der Waals surface area contributed by atoms with E-state index in [1.54, 1.807) is 25.1 Å². The van der Waals surface area contributed by atoms with Crippen molar-refractivity contribution in [1.29, 1.82) is 0 Å². The lowest BCUT2D eigenvalue weighted by molar-refractivity contribution is -0.173. The van der Waals surface area contributed by atoms with Crippen LogP contribution in [0.4, 0.5) is 0 Å². The second kappa shape index (κ2) is 12.7. The second-order valence-electron chi connectivity index (χ2n) is 13.9. The number of nitrogens with one attached hydrogen (secondary N) is 1. The maximum Gasteiger partial charge on any atom is 0.328 e. The lowest BCUT2D eigenvalue weighted by Gasteiger charge is -2.57. The number of carbonyl (C=O) groups is 6. The Bertz CT molecular complexity index is 1470. The smallest absolute Gasteiger partial charge is 0.328 e. The summed E-state index contributed by atoms with van der Waals surface area (Å²) in [6, 6.07) is 5.11. The molecule has 4 aliphatic rings. The fourth-order valence-electron chi connectivity index (χ4n) is 8.87. The van der Waals surface area contributed by atoms with Gasteiger partial charge in [0.15, 0.2) is 12.4 Å². The number of aromatic hydroxyl groups is 1. The van der Waals surface area contributed by atoms with E-state index in [0.29, 0.717) is 24.8 Å². The van der Waals surface area contributed by atoms with Crippen LogP contribution < -0.4 is 5.32 Å². The number of hydrogen-bond donors (Lipinski definition) is 3. The molecular formula is C35H43NO10. The summed E-state index contributed by atoms with van der Waals surface area (Å²) in [4.78, 5) is 76.7. The van der Waals surface area contributed by atoms with Crippen molar-refractivity contribution in [2.24, 2.45) is 28.6 Å². The van der Waals surface area contributed by atoms with Gasteiger partial charge in [-0.1, -0.05) is 31.6 Å². The molecule has 0 bridgehead atoms. The number of aliphatic hydroxyl groups is 1. The molecule has 3 fully saturated rings. The number of hydrogen-bond acceptors (Lipinski definition) is 10. The van der Waals surface area contributed by atoms with Gasteiger partial charge in [-0.3, -0.25) is 24.0 Å². The zero-order valence-corrected chi connectivity index (χ0v) is 26.6. The molecular weight excluding hydrogens is 594 g/mol. The number of benzene rings is 1. The first-order chi connectivity index (χ1) is 21.7. The van der Waals surface area contributed by atoms with E-state index in [1.807, 2.05) is 0 Å². The number of phenols is 1. The molecule has 1 aromatic rings. The number of ether oxygens (including phenoxy) is 2. The van der Waals surface area contributed by atoms with Crippen molar-refractivity contribution in [1.82, 2.24) is 5.32 Å². The Balaban J connectivity index is 1.16. The first-order valence-corrected chi connectivity index (χ1v) is 16.0. The molecule has 0 radical (unpaired) electrons. The van der Waals surface area contributed by atoms with Crippen LogP contribution in [0.2, 0.25) is 0 Å². The van der Waals surface area contributed by atoms with Crippen molar-refractivity contribution in [2.75, 3.05) is 13.7 Å². The van der Waals surface area contributed by atoms with Crippen LogP contribution in [-0.2, 0) is 44.7 Å². The highest BCUT2D eigenvalue weighted by Crippen LogP contribution is 2.66. The molecule has 1 amide bonds. The van der Waals surface area contributed by atoms with Gasteiger partial charge in [0.05, 0.1) is 13.5 Å². The van der Waals surface area contributed by atoms with E-state index in [4.69, 9.17) is 9.47 Å². The molecule has 5 rings (SSSR count). The van der Waals surface area contributed by atoms with E-state index in [9.17, 15) is 39.0 Å². The lowest BCUT2D eigenvalue weighted by Crippen LogP contribution is -2.61. The average Bonchev–Trinajstić information content (AvgIpc) is 3.29. The Morgan fingerprint density at radius 3 is 2.43 bits per heavy atom. The molecule has 4 aliphatic carbocycles. The maximum atomic E-state index is 13.8. The lowest BCUT2D eigenvalue weighted by atomic mass is 9.46. The van der Waals surface area contributed by atoms with E-state index in [1.165, 1.54) is 19.2 Å². The Labute approximate surface area is 268 Å². The maximum absolute atomic E-state index is 13.8. The van der Waals surface area contributed by atoms with Gasteiger partial charge in [0.2, 0.25) is 11.7 Å². The van der Waals surface area contributed by atoms with Gasteiger partial charge >= 0.3 is 11.9 Å². The van der Waals surface area contributed by atoms with Crippen LogP contribution in [0, 0.1) is 28.6 Å². The highest BCUT2D eigenvalue weighted by molar-refractivity contribution is 5.95. The van der Waals surface area contributed by atoms with E-state index in [2.05, 4.69) is 12.2 Å². The molecule has 248 valence electrons. The summed E-state index contributed by atoms with van der Waals surface area (Å²) in [6.07, 6.45) is 4.43. The molecule has 7 atom stereocenters. The number of rotatable bonds is 10. The second-order valence-corrected chi connectivity index (χ2v) is 13.9. The molecule has 11 nitrogen and oxygen atoms in total. The van der Waals surface area contributed by atoms with Crippen molar-refractivity contribution in [3.05, 3.63) is 41.5 Å². The quantitative estimate of drug-likeness (QED) is 0.324. The molecule has 11 heteroatoms. The molecule has 0 aromatic heterocycles. The molecule has 0 heterocycles. The van der Waals surface area contributed by atoms with Crippen molar-refractivity contribution in [3.8, 4) is 5.75 Å². The Hall–Kier alpha value is -3.86. The van der Waals surface area contributed by atoms with Gasteiger partial charge in [-0.15, -0.1) is 0 Å². The summed E-state index contributed by atoms with van der Waals surface area (Å²) < 4.78 is 9.98. The van der Waals surface area contributed by atoms with Crippen LogP contribution >= 0.6 is 0 Å². The third-order valence-corrected chi connectivity index (χ3v) is 11.4. The molecule has 46 heavy (non-hydrogen) atoms. The number of carbonyl (C=O) groups excluding carboxylic acids is 6. The topological polar surface area (TPSA) is 173 Å². The SMILES string of the molecule is COC(=O)C(Cc1ccc(O)cc1)NC(=O)CCC(=O)OCC(=O)[C@@]1(O)CCC2C3CCC4=CC(=O)CC[C@]4(C)C3C(=O)C[C@@]21C. The number of phenolic OH excluding ortho intramolecular Hbond substituents is 1. The molecule has 0 aliphatic heterocycles. The predicted octanol–water partition coefficient (Wildman–Crippen LogP) is 2.93. The van der Waals surface area contributed by atoms with Crippen LogP contribution in [0.3, 0.4) is 0 Å². The number of amides is 1. The summed E-state index contributed by atoms with van der Waals surface area (Å²) in [6.45, 7) is 3.21. The number of allylic oxidation sites excluding steroid dienone is 1. The van der Waals surface area contributed by atoms with Crippen molar-refractivity contribution < 1.29 is 48.5 Å². The normalized spacial score (nSPS) is 32.3. The standard InChI is InChI=1S/C35H43NO10/c1-33-14-12-23(38)17-21(33)6-9-24-25-13-15-35(44,34(25,2)18-27(39)31(24)33)28(40)19-46-30(42)11-10-29(41)36-26(32(43)45-3)16-20-4-7-22(37)8-5-20/h4-5,7-8,17,24-26,31,37,44H,6,9-16,18-19H2,1-3H3,(H,36,41)/t24?,25?,26?,31?,33-,34-,35-/m0/s1. The van der Waals surface area contributed by atoms with Crippen LogP contribution in [0.1, 0.15) is 77.2 Å². The highest BCUT2D eigenvalue weighted by atomic mass is 16.5. The van der Waals surface area contributed by atoms with Crippen molar-refractivity contribution in [3.63, 3.8) is 0 Å². The molecule has 1 aromatic carbocycles. The number of fused-ring (bicyclic) bond motifs is 5. The van der Waals surface area contributed by atoms with Crippen molar-refractivity contribution >= 4 is 35.2 Å². The first kappa shape index (κ1) is 33.5. The summed E-state index contributed by atoms with van der Waals surface area (Å²) in [5.41, 5.74) is -1.50. The van der Waals surface area contributed by atoms with E-state index < -0.39 is 47.3 Å². The number of esters is 2. The highest BCUT2D eigenvalue weighted by Gasteiger charge is 2.68. The molecule has 0 spiro atoms. The van der Waals surface area contributed by atoms with Crippen LogP contribution in [-0.4, -0.2) is 70.8 Å². The minimum absolute atomic E-state index is 0.00709. The number of methoxy groups -OCH3 is 1. The van der Waals surface area contributed by atoms with Crippen LogP contribution in [0.25, 0.3) is 0 Å². The third-order valence-electron chi connectivity index (χ3n) is 11.4.